The highest BCUT2D eigenvalue weighted by Gasteiger charge is 2.14. The Kier molecular flexibility index (Phi) is 5.34. The van der Waals surface area contributed by atoms with E-state index in [1.54, 1.807) is 0 Å². The predicted octanol–water partition coefficient (Wildman–Crippen LogP) is 3.93. The first kappa shape index (κ1) is 17.4. The molecule has 0 heterocycles. The predicted molar refractivity (Wildman–Crippen MR) is 106 cm³/mol. The third-order valence-electron chi connectivity index (χ3n) is 4.49. The highest BCUT2D eigenvalue weighted by atomic mass is 32.1. The van der Waals surface area contributed by atoms with Crippen LogP contribution >= 0.6 is 12.2 Å². The van der Waals surface area contributed by atoms with Crippen LogP contribution in [0.5, 0.6) is 0 Å². The van der Waals surface area contributed by atoms with Crippen molar-refractivity contribution in [3.63, 3.8) is 0 Å². The summed E-state index contributed by atoms with van der Waals surface area (Å²) in [6.45, 7) is 4.31. The van der Waals surface area contributed by atoms with E-state index in [4.69, 9.17) is 12.2 Å². The number of fused-ring (bicyclic) bond motifs is 1. The van der Waals surface area contributed by atoms with Crippen molar-refractivity contribution < 1.29 is 4.79 Å². The van der Waals surface area contributed by atoms with Gasteiger partial charge in [-0.25, -0.2) is 0 Å². The van der Waals surface area contributed by atoms with E-state index in [0.717, 1.165) is 18.5 Å². The molecule has 3 rings (SSSR count). The summed E-state index contributed by atoms with van der Waals surface area (Å²) in [6.07, 6.45) is 3.33. The van der Waals surface area contributed by atoms with Crippen LogP contribution in [0, 0.1) is 0 Å². The summed E-state index contributed by atoms with van der Waals surface area (Å²) in [7, 11) is 0. The molecule has 0 saturated heterocycles. The zero-order chi connectivity index (χ0) is 17.8. The minimum Gasteiger partial charge on any atom is -0.331 e. The van der Waals surface area contributed by atoms with Crippen LogP contribution in [0.4, 0.5) is 5.69 Å². The Balaban J connectivity index is 1.52. The van der Waals surface area contributed by atoms with E-state index in [0.29, 0.717) is 16.6 Å². The third kappa shape index (κ3) is 4.37. The molecule has 0 radical (unpaired) electrons. The zero-order valence-electron chi connectivity index (χ0n) is 14.6. The maximum absolute atomic E-state index is 12.3. The van der Waals surface area contributed by atoms with E-state index in [2.05, 4.69) is 42.1 Å². The maximum atomic E-state index is 12.3. The van der Waals surface area contributed by atoms with Crippen molar-refractivity contribution in [2.75, 3.05) is 5.32 Å². The van der Waals surface area contributed by atoms with Crippen LogP contribution in [0.2, 0.25) is 0 Å². The smallest absolute Gasteiger partial charge is 0.269 e. The number of benzene rings is 2. The normalized spacial score (nSPS) is 12.6. The minimum atomic E-state index is -0.186. The number of carbonyl (C=O) groups excluding carboxylic acids is 1. The fourth-order valence-corrected chi connectivity index (χ4v) is 3.18. The maximum Gasteiger partial charge on any atom is 0.269 e. The van der Waals surface area contributed by atoms with Crippen LogP contribution < -0.4 is 16.2 Å². The number of hydrogen-bond acceptors (Lipinski definition) is 2. The second kappa shape index (κ2) is 7.66. The highest BCUT2D eigenvalue weighted by molar-refractivity contribution is 7.80. The van der Waals surface area contributed by atoms with E-state index >= 15 is 0 Å². The lowest BCUT2D eigenvalue weighted by Crippen LogP contribution is -2.43. The number of amides is 1. The molecule has 0 atom stereocenters. The quantitative estimate of drug-likeness (QED) is 0.578. The standard InChI is InChI=1S/C20H23N3OS/c1-13(2)14-8-10-18(11-9-14)21-20(25)23-22-19(24)17-7-6-15-4-3-5-16(15)12-17/h6-13H,3-5H2,1-2H3,(H,22,24)(H2,21,23,25). The van der Waals surface area contributed by atoms with Gasteiger partial charge in [0.1, 0.15) is 0 Å². The van der Waals surface area contributed by atoms with Crippen molar-refractivity contribution in [3.8, 4) is 0 Å². The molecule has 0 spiro atoms. The Morgan fingerprint density at radius 1 is 1.00 bits per heavy atom. The van der Waals surface area contributed by atoms with Gasteiger partial charge in [-0.2, -0.15) is 0 Å². The van der Waals surface area contributed by atoms with Crippen molar-refractivity contribution in [2.24, 2.45) is 0 Å². The molecule has 2 aromatic rings. The van der Waals surface area contributed by atoms with Crippen molar-refractivity contribution in [1.82, 2.24) is 10.9 Å². The Labute approximate surface area is 154 Å². The average Bonchev–Trinajstić information content (AvgIpc) is 3.07. The summed E-state index contributed by atoms with van der Waals surface area (Å²) in [5, 5.41) is 3.42. The van der Waals surface area contributed by atoms with Crippen LogP contribution in [0.15, 0.2) is 42.5 Å². The van der Waals surface area contributed by atoms with Gasteiger partial charge < -0.3 is 5.32 Å². The molecule has 0 aromatic heterocycles. The number of carbonyl (C=O) groups is 1. The number of thiocarbonyl (C=S) groups is 1. The van der Waals surface area contributed by atoms with Crippen LogP contribution in [-0.2, 0) is 12.8 Å². The molecule has 0 bridgehead atoms. The Hall–Kier alpha value is -2.40. The molecule has 4 nitrogen and oxygen atoms in total. The number of hydrogen-bond donors (Lipinski definition) is 3. The lowest BCUT2D eigenvalue weighted by Gasteiger charge is -2.13. The molecule has 1 amide bonds. The number of hydrazine groups is 1. The molecule has 130 valence electrons. The summed E-state index contributed by atoms with van der Waals surface area (Å²) >= 11 is 5.23. The number of rotatable bonds is 3. The fourth-order valence-electron chi connectivity index (χ4n) is 3.01. The van der Waals surface area contributed by atoms with Crippen LogP contribution in [0.1, 0.15) is 53.2 Å². The molecule has 1 aliphatic carbocycles. The largest absolute Gasteiger partial charge is 0.331 e. The zero-order valence-corrected chi connectivity index (χ0v) is 15.4. The molecule has 5 heteroatoms. The summed E-state index contributed by atoms with van der Waals surface area (Å²) in [5.74, 6) is 0.305. The summed E-state index contributed by atoms with van der Waals surface area (Å²) < 4.78 is 0. The van der Waals surface area contributed by atoms with E-state index in [1.807, 2.05) is 30.3 Å². The van der Waals surface area contributed by atoms with Gasteiger partial charge in [-0.15, -0.1) is 0 Å². The number of aryl methyl sites for hydroxylation is 2. The first-order valence-corrected chi connectivity index (χ1v) is 9.03. The van der Waals surface area contributed by atoms with E-state index < -0.39 is 0 Å². The average molecular weight is 353 g/mol. The molecule has 2 aromatic carbocycles. The van der Waals surface area contributed by atoms with Crippen molar-refractivity contribution in [1.29, 1.82) is 0 Å². The van der Waals surface area contributed by atoms with Crippen LogP contribution in [0.25, 0.3) is 0 Å². The molecule has 0 aliphatic heterocycles. The van der Waals surface area contributed by atoms with Gasteiger partial charge in [-0.05, 0) is 78.4 Å². The third-order valence-corrected chi connectivity index (χ3v) is 4.69. The summed E-state index contributed by atoms with van der Waals surface area (Å²) in [6, 6.07) is 14.0. The van der Waals surface area contributed by atoms with Gasteiger partial charge in [0, 0.05) is 11.3 Å². The van der Waals surface area contributed by atoms with Gasteiger partial charge >= 0.3 is 0 Å². The summed E-state index contributed by atoms with van der Waals surface area (Å²) in [5.41, 5.74) is 10.8. The lowest BCUT2D eigenvalue weighted by atomic mass is 10.0. The topological polar surface area (TPSA) is 53.2 Å². The first-order valence-electron chi connectivity index (χ1n) is 8.62. The molecule has 3 N–H and O–H groups in total. The van der Waals surface area contributed by atoms with Gasteiger partial charge in [0.2, 0.25) is 0 Å². The molecule has 1 aliphatic rings. The van der Waals surface area contributed by atoms with Crippen molar-refractivity contribution in [2.45, 2.75) is 39.0 Å². The summed E-state index contributed by atoms with van der Waals surface area (Å²) in [4.78, 5) is 12.3. The van der Waals surface area contributed by atoms with Crippen molar-refractivity contribution in [3.05, 3.63) is 64.7 Å². The van der Waals surface area contributed by atoms with E-state index in [9.17, 15) is 4.79 Å². The molecular weight excluding hydrogens is 330 g/mol. The molecule has 25 heavy (non-hydrogen) atoms. The number of anilines is 1. The van der Waals surface area contributed by atoms with Gasteiger partial charge in [0.25, 0.3) is 5.91 Å². The molecule has 0 unspecified atom stereocenters. The minimum absolute atomic E-state index is 0.186. The van der Waals surface area contributed by atoms with Gasteiger partial charge in [-0.3, -0.25) is 15.6 Å². The molecular formula is C20H23N3OS. The number of nitrogens with one attached hydrogen (secondary N) is 3. The lowest BCUT2D eigenvalue weighted by molar-refractivity contribution is 0.0944. The Bertz CT molecular complexity index is 784. The van der Waals surface area contributed by atoms with Crippen LogP contribution in [0.3, 0.4) is 0 Å². The van der Waals surface area contributed by atoms with E-state index in [-0.39, 0.29) is 5.91 Å². The van der Waals surface area contributed by atoms with Gasteiger partial charge in [0.15, 0.2) is 5.11 Å². The molecule has 0 saturated carbocycles. The van der Waals surface area contributed by atoms with Crippen molar-refractivity contribution >= 4 is 28.9 Å². The highest BCUT2D eigenvalue weighted by Crippen LogP contribution is 2.22. The van der Waals surface area contributed by atoms with Gasteiger partial charge in [-0.1, -0.05) is 32.0 Å². The monoisotopic (exact) mass is 353 g/mol. The first-order chi connectivity index (χ1) is 12.0. The molecule has 0 fully saturated rings. The van der Waals surface area contributed by atoms with Crippen LogP contribution in [-0.4, -0.2) is 11.0 Å². The second-order valence-corrected chi connectivity index (χ2v) is 7.06. The Morgan fingerprint density at radius 2 is 1.72 bits per heavy atom. The van der Waals surface area contributed by atoms with Gasteiger partial charge in [0.05, 0.1) is 0 Å². The SMILES string of the molecule is CC(C)c1ccc(NC(=S)NNC(=O)c2ccc3c(c2)CCC3)cc1. The second-order valence-electron chi connectivity index (χ2n) is 6.65. The van der Waals surface area contributed by atoms with E-state index in [1.165, 1.54) is 23.1 Å². The fraction of sp³-hybridized carbons (Fsp3) is 0.300. The Morgan fingerprint density at radius 3 is 2.44 bits per heavy atom.